The molecule has 2 aromatic rings. The highest BCUT2D eigenvalue weighted by atomic mass is 16.2. The third kappa shape index (κ3) is 3.38. The van der Waals surface area contributed by atoms with Crippen LogP contribution in [0.5, 0.6) is 0 Å². The molecule has 2 aliphatic rings. The summed E-state index contributed by atoms with van der Waals surface area (Å²) in [5, 5.41) is 1.16. The zero-order chi connectivity index (χ0) is 18.1. The van der Waals surface area contributed by atoms with Gasteiger partial charge in [-0.05, 0) is 64.2 Å². The van der Waals surface area contributed by atoms with E-state index in [0.29, 0.717) is 6.04 Å². The van der Waals surface area contributed by atoms with Crippen LogP contribution in [-0.2, 0) is 6.54 Å². The lowest BCUT2D eigenvalue weighted by Gasteiger charge is -2.42. The first-order valence-electron chi connectivity index (χ1n) is 9.96. The van der Waals surface area contributed by atoms with E-state index in [2.05, 4.69) is 46.7 Å². The highest BCUT2D eigenvalue weighted by Crippen LogP contribution is 2.21. The molecule has 5 nitrogen and oxygen atoms in total. The second kappa shape index (κ2) is 7.41. The summed E-state index contributed by atoms with van der Waals surface area (Å²) in [6.07, 6.45) is 4.62. The van der Waals surface area contributed by atoms with Crippen molar-refractivity contribution in [3.05, 3.63) is 36.0 Å². The van der Waals surface area contributed by atoms with E-state index in [1.165, 1.54) is 31.4 Å². The van der Waals surface area contributed by atoms with Gasteiger partial charge in [-0.1, -0.05) is 0 Å². The second-order valence-electron chi connectivity index (χ2n) is 7.74. The molecule has 0 aliphatic carbocycles. The number of carbonyl (C=O) groups is 1. The molecule has 0 saturated carbocycles. The van der Waals surface area contributed by atoms with Gasteiger partial charge in [-0.25, -0.2) is 0 Å². The summed E-state index contributed by atoms with van der Waals surface area (Å²) in [5.41, 5.74) is 2.02. The van der Waals surface area contributed by atoms with Crippen LogP contribution in [0.1, 0.15) is 30.1 Å². The van der Waals surface area contributed by atoms with E-state index in [1.807, 2.05) is 17.0 Å². The van der Waals surface area contributed by atoms with Gasteiger partial charge in [0.15, 0.2) is 0 Å². The van der Waals surface area contributed by atoms with Crippen molar-refractivity contribution in [1.29, 1.82) is 0 Å². The first-order valence-corrected chi connectivity index (χ1v) is 9.96. The molecule has 1 amide bonds. The molecule has 0 bridgehead atoms. The van der Waals surface area contributed by atoms with Gasteiger partial charge in [0.1, 0.15) is 0 Å². The van der Waals surface area contributed by atoms with E-state index in [1.54, 1.807) is 0 Å². The van der Waals surface area contributed by atoms with Crippen molar-refractivity contribution in [2.75, 3.05) is 46.3 Å². The number of nitrogens with zero attached hydrogens (tertiary/aromatic N) is 4. The molecule has 0 atom stereocenters. The fourth-order valence-electron chi connectivity index (χ4n) is 4.44. The standard InChI is InChI=1S/C21H30N4O/c1-3-23-11-6-17-16-18(4-5-20(17)23)21(26)25-14-12-24(13-15-25)19-7-9-22(2)10-8-19/h4-6,11,16,19H,3,7-10,12-15H2,1-2H3. The summed E-state index contributed by atoms with van der Waals surface area (Å²) < 4.78 is 2.21. The molecule has 26 heavy (non-hydrogen) atoms. The van der Waals surface area contributed by atoms with Gasteiger partial charge in [0, 0.05) is 61.4 Å². The van der Waals surface area contributed by atoms with E-state index < -0.39 is 0 Å². The number of benzene rings is 1. The molecule has 4 rings (SSSR count). The Hall–Kier alpha value is -1.85. The fourth-order valence-corrected chi connectivity index (χ4v) is 4.44. The van der Waals surface area contributed by atoms with Crippen LogP contribution in [0.25, 0.3) is 10.9 Å². The molecule has 2 aliphatic heterocycles. The van der Waals surface area contributed by atoms with Gasteiger partial charge in [-0.15, -0.1) is 0 Å². The number of rotatable bonds is 3. The first-order chi connectivity index (χ1) is 12.7. The third-order valence-electron chi connectivity index (χ3n) is 6.16. The maximum atomic E-state index is 12.9. The minimum Gasteiger partial charge on any atom is -0.348 e. The summed E-state index contributed by atoms with van der Waals surface area (Å²) in [7, 11) is 2.21. The number of hydrogen-bond acceptors (Lipinski definition) is 3. The average Bonchev–Trinajstić information content (AvgIpc) is 3.10. The number of hydrogen-bond donors (Lipinski definition) is 0. The average molecular weight is 354 g/mol. The Morgan fingerprint density at radius 3 is 2.46 bits per heavy atom. The molecule has 2 fully saturated rings. The Bertz CT molecular complexity index is 767. The number of likely N-dealkylation sites (tertiary alicyclic amines) is 1. The van der Waals surface area contributed by atoms with Gasteiger partial charge in [0.05, 0.1) is 0 Å². The number of amides is 1. The summed E-state index contributed by atoms with van der Waals surface area (Å²) >= 11 is 0. The van der Waals surface area contributed by atoms with Crippen LogP contribution < -0.4 is 0 Å². The monoisotopic (exact) mass is 354 g/mol. The largest absolute Gasteiger partial charge is 0.348 e. The van der Waals surface area contributed by atoms with Crippen LogP contribution in [0.15, 0.2) is 30.5 Å². The zero-order valence-corrected chi connectivity index (χ0v) is 16.0. The molecule has 1 aromatic heterocycles. The van der Waals surface area contributed by atoms with Crippen molar-refractivity contribution in [3.63, 3.8) is 0 Å². The first kappa shape index (κ1) is 17.6. The number of aromatic nitrogens is 1. The SMILES string of the molecule is CCn1ccc2cc(C(=O)N3CCN(C4CCN(C)CC4)CC3)ccc21. The lowest BCUT2D eigenvalue weighted by molar-refractivity contribution is 0.0475. The number of carbonyl (C=O) groups excluding carboxylic acids is 1. The van der Waals surface area contributed by atoms with Gasteiger partial charge in [0.2, 0.25) is 0 Å². The van der Waals surface area contributed by atoms with Crippen LogP contribution in [0.3, 0.4) is 0 Å². The van der Waals surface area contributed by atoms with Gasteiger partial charge < -0.3 is 14.4 Å². The molecule has 1 aromatic carbocycles. The van der Waals surface area contributed by atoms with Crippen molar-refractivity contribution >= 4 is 16.8 Å². The van der Waals surface area contributed by atoms with Gasteiger partial charge in [-0.2, -0.15) is 0 Å². The number of piperidine rings is 1. The maximum Gasteiger partial charge on any atom is 0.253 e. The summed E-state index contributed by atoms with van der Waals surface area (Å²) in [6, 6.07) is 8.93. The van der Waals surface area contributed by atoms with Crippen molar-refractivity contribution in [2.24, 2.45) is 0 Å². The molecule has 0 radical (unpaired) electrons. The molecule has 140 valence electrons. The summed E-state index contributed by atoms with van der Waals surface area (Å²) in [4.78, 5) is 20.0. The molecule has 0 spiro atoms. The third-order valence-corrected chi connectivity index (χ3v) is 6.16. The predicted octanol–water partition coefficient (Wildman–Crippen LogP) is 2.51. The fraction of sp³-hybridized carbons (Fsp3) is 0.571. The quantitative estimate of drug-likeness (QED) is 0.849. The van der Waals surface area contributed by atoms with Crippen molar-refractivity contribution in [3.8, 4) is 0 Å². The van der Waals surface area contributed by atoms with Gasteiger partial charge >= 0.3 is 0 Å². The number of fused-ring (bicyclic) bond motifs is 1. The molecule has 0 N–H and O–H groups in total. The highest BCUT2D eigenvalue weighted by molar-refractivity contribution is 5.98. The molecule has 3 heterocycles. The van der Waals surface area contributed by atoms with Gasteiger partial charge in [-0.3, -0.25) is 9.69 Å². The van der Waals surface area contributed by atoms with E-state index in [0.717, 1.165) is 43.7 Å². The Morgan fingerprint density at radius 1 is 1.04 bits per heavy atom. The predicted molar refractivity (Wildman–Crippen MR) is 106 cm³/mol. The molecular weight excluding hydrogens is 324 g/mol. The van der Waals surface area contributed by atoms with Crippen LogP contribution >= 0.6 is 0 Å². The Labute approximate surface area is 156 Å². The highest BCUT2D eigenvalue weighted by Gasteiger charge is 2.28. The maximum absolute atomic E-state index is 12.9. The van der Waals surface area contributed by atoms with Crippen LogP contribution in [0, 0.1) is 0 Å². The Kier molecular flexibility index (Phi) is 5.00. The van der Waals surface area contributed by atoms with Crippen molar-refractivity contribution < 1.29 is 4.79 Å². The zero-order valence-electron chi connectivity index (χ0n) is 16.0. The summed E-state index contributed by atoms with van der Waals surface area (Å²) in [5.74, 6) is 0.180. The Balaban J connectivity index is 1.39. The summed E-state index contributed by atoms with van der Waals surface area (Å²) in [6.45, 7) is 9.20. The van der Waals surface area contributed by atoms with E-state index in [9.17, 15) is 4.79 Å². The van der Waals surface area contributed by atoms with E-state index in [4.69, 9.17) is 0 Å². The van der Waals surface area contributed by atoms with Crippen molar-refractivity contribution in [2.45, 2.75) is 32.4 Å². The minimum atomic E-state index is 0.180. The van der Waals surface area contributed by atoms with E-state index in [-0.39, 0.29) is 5.91 Å². The van der Waals surface area contributed by atoms with Crippen LogP contribution in [0.4, 0.5) is 0 Å². The molecular formula is C21H30N4O. The number of piperazine rings is 1. The minimum absolute atomic E-state index is 0.180. The van der Waals surface area contributed by atoms with Gasteiger partial charge in [0.25, 0.3) is 5.91 Å². The normalized spacial score (nSPS) is 20.8. The topological polar surface area (TPSA) is 31.7 Å². The van der Waals surface area contributed by atoms with Crippen LogP contribution in [-0.4, -0.2) is 77.5 Å². The molecule has 5 heteroatoms. The number of aryl methyl sites for hydroxylation is 1. The second-order valence-corrected chi connectivity index (χ2v) is 7.74. The lowest BCUT2D eigenvalue weighted by Crippen LogP contribution is -2.54. The van der Waals surface area contributed by atoms with Crippen molar-refractivity contribution in [1.82, 2.24) is 19.3 Å². The smallest absolute Gasteiger partial charge is 0.253 e. The molecule has 0 unspecified atom stereocenters. The lowest BCUT2D eigenvalue weighted by atomic mass is 10.0. The van der Waals surface area contributed by atoms with Crippen LogP contribution in [0.2, 0.25) is 0 Å². The Morgan fingerprint density at radius 2 is 1.77 bits per heavy atom. The van der Waals surface area contributed by atoms with E-state index >= 15 is 0 Å². The molecule has 2 saturated heterocycles.